The Bertz CT molecular complexity index is 800. The molecule has 1 aliphatic heterocycles. The molecule has 0 radical (unpaired) electrons. The van der Waals surface area contributed by atoms with Crippen molar-refractivity contribution >= 4 is 11.9 Å². The highest BCUT2D eigenvalue weighted by Gasteiger charge is 2.44. The van der Waals surface area contributed by atoms with Crippen molar-refractivity contribution in [3.8, 4) is 0 Å². The average Bonchev–Trinajstić information content (AvgIpc) is 3.17. The number of H-pyrrole nitrogens is 2. The number of aromatic nitrogens is 3. The van der Waals surface area contributed by atoms with Gasteiger partial charge in [-0.25, -0.2) is 4.98 Å². The Balaban J connectivity index is 1.57. The minimum Gasteiger partial charge on any atom is -0.369 e. The maximum atomic E-state index is 12.4. The zero-order chi connectivity index (χ0) is 16.0. The standard InChI is InChI=1S/C16H19N5O2/c17-15-19-12-11(13(22)20-15)1-3-16(12)4-7-21(8-5-16)14(23)10-2-6-18-9-10/h2,6,9,18H,1,3-5,7-8H2,(H3,17,19,20,22). The highest BCUT2D eigenvalue weighted by Crippen LogP contribution is 2.44. The van der Waals surface area contributed by atoms with E-state index in [4.69, 9.17) is 5.73 Å². The molecular formula is C16H19N5O2. The molecule has 4 N–H and O–H groups in total. The van der Waals surface area contributed by atoms with Crippen molar-refractivity contribution in [1.29, 1.82) is 0 Å². The van der Waals surface area contributed by atoms with Crippen LogP contribution in [-0.4, -0.2) is 38.8 Å². The molecule has 2 aliphatic rings. The molecule has 1 amide bonds. The predicted octanol–water partition coefficient (Wildman–Crippen LogP) is 0.800. The smallest absolute Gasteiger partial charge is 0.255 e. The van der Waals surface area contributed by atoms with E-state index in [1.807, 2.05) is 4.90 Å². The number of nitrogen functional groups attached to an aromatic ring is 1. The zero-order valence-electron chi connectivity index (χ0n) is 12.8. The van der Waals surface area contributed by atoms with E-state index in [0.29, 0.717) is 18.7 Å². The van der Waals surface area contributed by atoms with Crippen LogP contribution in [-0.2, 0) is 11.8 Å². The molecule has 1 spiro atoms. The van der Waals surface area contributed by atoms with Crippen LogP contribution in [0.3, 0.4) is 0 Å². The van der Waals surface area contributed by atoms with Gasteiger partial charge in [-0.1, -0.05) is 0 Å². The lowest BCUT2D eigenvalue weighted by Gasteiger charge is -2.39. The Morgan fingerprint density at radius 3 is 2.78 bits per heavy atom. The number of nitrogens with zero attached hydrogens (tertiary/aromatic N) is 2. The molecule has 3 heterocycles. The lowest BCUT2D eigenvalue weighted by atomic mass is 9.76. The Morgan fingerprint density at radius 2 is 2.09 bits per heavy atom. The van der Waals surface area contributed by atoms with Crippen LogP contribution in [0.5, 0.6) is 0 Å². The molecule has 4 rings (SSSR count). The van der Waals surface area contributed by atoms with Gasteiger partial charge in [0.2, 0.25) is 5.95 Å². The lowest BCUT2D eigenvalue weighted by Crippen LogP contribution is -2.44. The SMILES string of the molecule is Nc1nc2c(c(=O)[nH]1)CCC21CCN(C(=O)c2cc[nH]c2)CC1. The number of amides is 1. The summed E-state index contributed by atoms with van der Waals surface area (Å²) in [5, 5.41) is 0. The van der Waals surface area contributed by atoms with Crippen LogP contribution in [0, 0.1) is 0 Å². The van der Waals surface area contributed by atoms with Crippen molar-refractivity contribution in [3.05, 3.63) is 45.6 Å². The van der Waals surface area contributed by atoms with E-state index < -0.39 is 0 Å². The van der Waals surface area contributed by atoms with Crippen LogP contribution in [0.2, 0.25) is 0 Å². The van der Waals surface area contributed by atoms with Crippen molar-refractivity contribution in [1.82, 2.24) is 19.9 Å². The predicted molar refractivity (Wildman–Crippen MR) is 85.2 cm³/mol. The van der Waals surface area contributed by atoms with Gasteiger partial charge in [-0.3, -0.25) is 14.6 Å². The second-order valence-electron chi connectivity index (χ2n) is 6.45. The summed E-state index contributed by atoms with van der Waals surface area (Å²) in [7, 11) is 0. The normalized spacial score (nSPS) is 19.0. The lowest BCUT2D eigenvalue weighted by molar-refractivity contribution is 0.0664. The average molecular weight is 313 g/mol. The Hall–Kier alpha value is -2.57. The first-order valence-electron chi connectivity index (χ1n) is 7.90. The van der Waals surface area contributed by atoms with Crippen LogP contribution in [0.15, 0.2) is 23.3 Å². The van der Waals surface area contributed by atoms with Gasteiger partial charge in [0.1, 0.15) is 0 Å². The maximum absolute atomic E-state index is 12.4. The van der Waals surface area contributed by atoms with Gasteiger partial charge in [0, 0.05) is 36.5 Å². The fraction of sp³-hybridized carbons (Fsp3) is 0.438. The molecule has 2 aromatic rings. The number of anilines is 1. The molecule has 7 nitrogen and oxygen atoms in total. The summed E-state index contributed by atoms with van der Waals surface area (Å²) in [6, 6.07) is 1.79. The summed E-state index contributed by atoms with van der Waals surface area (Å²) >= 11 is 0. The Labute approximate surface area is 132 Å². The Morgan fingerprint density at radius 1 is 1.30 bits per heavy atom. The molecular weight excluding hydrogens is 294 g/mol. The summed E-state index contributed by atoms with van der Waals surface area (Å²) in [5.41, 5.74) is 7.82. The molecule has 23 heavy (non-hydrogen) atoms. The van der Waals surface area contributed by atoms with E-state index in [0.717, 1.165) is 36.9 Å². The van der Waals surface area contributed by atoms with Gasteiger partial charge in [-0.15, -0.1) is 0 Å². The van der Waals surface area contributed by atoms with Gasteiger partial charge in [-0.2, -0.15) is 0 Å². The monoisotopic (exact) mass is 313 g/mol. The molecule has 0 aromatic carbocycles. The number of hydrogen-bond acceptors (Lipinski definition) is 4. The molecule has 1 aliphatic carbocycles. The third kappa shape index (κ3) is 2.15. The van der Waals surface area contributed by atoms with Gasteiger partial charge in [0.15, 0.2) is 0 Å². The molecule has 1 fully saturated rings. The number of aromatic amines is 2. The molecule has 0 bridgehead atoms. The minimum absolute atomic E-state index is 0.0534. The molecule has 1 saturated heterocycles. The van der Waals surface area contributed by atoms with Crippen LogP contribution in [0.4, 0.5) is 5.95 Å². The van der Waals surface area contributed by atoms with E-state index >= 15 is 0 Å². The van der Waals surface area contributed by atoms with E-state index in [9.17, 15) is 9.59 Å². The van der Waals surface area contributed by atoms with Crippen LogP contribution >= 0.6 is 0 Å². The highest BCUT2D eigenvalue weighted by molar-refractivity contribution is 5.94. The van der Waals surface area contributed by atoms with E-state index in [1.165, 1.54) is 0 Å². The first-order valence-corrected chi connectivity index (χ1v) is 7.90. The number of hydrogen-bond donors (Lipinski definition) is 3. The maximum Gasteiger partial charge on any atom is 0.255 e. The van der Waals surface area contributed by atoms with Gasteiger partial charge in [0.25, 0.3) is 11.5 Å². The van der Waals surface area contributed by atoms with E-state index in [1.54, 1.807) is 18.5 Å². The molecule has 7 heteroatoms. The van der Waals surface area contributed by atoms with Crippen molar-refractivity contribution in [2.24, 2.45) is 0 Å². The zero-order valence-corrected chi connectivity index (χ0v) is 12.8. The number of carbonyl (C=O) groups excluding carboxylic acids is 1. The van der Waals surface area contributed by atoms with Gasteiger partial charge in [0.05, 0.1) is 11.3 Å². The number of nitrogens with one attached hydrogen (secondary N) is 2. The van der Waals surface area contributed by atoms with Gasteiger partial charge < -0.3 is 15.6 Å². The van der Waals surface area contributed by atoms with Crippen molar-refractivity contribution in [2.75, 3.05) is 18.8 Å². The first kappa shape index (κ1) is 14.0. The van der Waals surface area contributed by atoms with Crippen LogP contribution < -0.4 is 11.3 Å². The third-order valence-corrected chi connectivity index (χ3v) is 5.24. The largest absolute Gasteiger partial charge is 0.369 e. The summed E-state index contributed by atoms with van der Waals surface area (Å²) < 4.78 is 0. The van der Waals surface area contributed by atoms with Crippen LogP contribution in [0.25, 0.3) is 0 Å². The number of rotatable bonds is 1. The van der Waals surface area contributed by atoms with Gasteiger partial charge >= 0.3 is 0 Å². The number of nitrogens with two attached hydrogens (primary N) is 1. The molecule has 0 atom stereocenters. The fourth-order valence-corrected chi connectivity index (χ4v) is 3.93. The first-order chi connectivity index (χ1) is 11.1. The second-order valence-corrected chi connectivity index (χ2v) is 6.45. The van der Waals surface area contributed by atoms with Gasteiger partial charge in [-0.05, 0) is 31.7 Å². The summed E-state index contributed by atoms with van der Waals surface area (Å²) in [4.78, 5) is 36.3. The van der Waals surface area contributed by atoms with Crippen molar-refractivity contribution < 1.29 is 4.79 Å². The van der Waals surface area contributed by atoms with Crippen molar-refractivity contribution in [3.63, 3.8) is 0 Å². The molecule has 0 unspecified atom stereocenters. The molecule has 120 valence electrons. The fourth-order valence-electron chi connectivity index (χ4n) is 3.93. The second kappa shape index (κ2) is 4.97. The topological polar surface area (TPSA) is 108 Å². The van der Waals surface area contributed by atoms with Crippen molar-refractivity contribution in [2.45, 2.75) is 31.1 Å². The minimum atomic E-state index is -0.116. The number of piperidine rings is 1. The number of carbonyl (C=O) groups is 1. The number of fused-ring (bicyclic) bond motifs is 2. The summed E-state index contributed by atoms with van der Waals surface area (Å²) in [6.07, 6.45) is 6.78. The van der Waals surface area contributed by atoms with E-state index in [-0.39, 0.29) is 22.8 Å². The summed E-state index contributed by atoms with van der Waals surface area (Å²) in [6.45, 7) is 1.36. The van der Waals surface area contributed by atoms with Crippen LogP contribution in [0.1, 0.15) is 40.9 Å². The quantitative estimate of drug-likeness (QED) is 0.723. The molecule has 2 aromatic heterocycles. The number of likely N-dealkylation sites (tertiary alicyclic amines) is 1. The summed E-state index contributed by atoms with van der Waals surface area (Å²) in [5.74, 6) is 0.235. The highest BCUT2D eigenvalue weighted by atomic mass is 16.2. The molecule has 0 saturated carbocycles. The van der Waals surface area contributed by atoms with E-state index in [2.05, 4.69) is 15.0 Å². The third-order valence-electron chi connectivity index (χ3n) is 5.24. The Kier molecular flexibility index (Phi) is 3.04.